The van der Waals surface area contributed by atoms with E-state index in [2.05, 4.69) is 22.3 Å². The smallest absolute Gasteiger partial charge is 0.251 e. The van der Waals surface area contributed by atoms with Crippen molar-refractivity contribution in [2.24, 2.45) is 0 Å². The molecule has 4 heteroatoms. The number of benzene rings is 2. The maximum absolute atomic E-state index is 12.2. The lowest BCUT2D eigenvalue weighted by Gasteiger charge is -2.19. The van der Waals surface area contributed by atoms with Crippen molar-refractivity contribution in [1.29, 1.82) is 0 Å². The number of para-hydroxylation sites is 1. The number of nitrogens with zero attached hydrogens (tertiary/aromatic N) is 2. The molecule has 0 spiro atoms. The largest absolute Gasteiger partial charge is 0.378 e. The van der Waals surface area contributed by atoms with Gasteiger partial charge in [-0.05, 0) is 30.3 Å². The molecule has 0 radical (unpaired) electrons. The van der Waals surface area contributed by atoms with Gasteiger partial charge in [0.1, 0.15) is 0 Å². The summed E-state index contributed by atoms with van der Waals surface area (Å²) in [6, 6.07) is 17.8. The molecular formula is C18H23N3O. The zero-order valence-corrected chi connectivity index (χ0v) is 13.4. The molecule has 0 bridgehead atoms. The minimum Gasteiger partial charge on any atom is -0.378 e. The van der Waals surface area contributed by atoms with E-state index >= 15 is 0 Å². The van der Waals surface area contributed by atoms with E-state index in [-0.39, 0.29) is 5.91 Å². The number of hydrogen-bond donors (Lipinski definition) is 1. The summed E-state index contributed by atoms with van der Waals surface area (Å²) in [5.74, 6) is -0.0369. The summed E-state index contributed by atoms with van der Waals surface area (Å²) in [5.41, 5.74) is 2.86. The highest BCUT2D eigenvalue weighted by Crippen LogP contribution is 2.13. The second kappa shape index (κ2) is 7.50. The summed E-state index contributed by atoms with van der Waals surface area (Å²) >= 11 is 0. The van der Waals surface area contributed by atoms with E-state index in [1.807, 2.05) is 68.5 Å². The van der Waals surface area contributed by atoms with Gasteiger partial charge in [0.15, 0.2) is 0 Å². The highest BCUT2D eigenvalue weighted by molar-refractivity contribution is 5.95. The summed E-state index contributed by atoms with van der Waals surface area (Å²) in [7, 11) is 5.95. The molecule has 0 aliphatic rings. The number of carbonyl (C=O) groups excluding carboxylic acids is 1. The maximum atomic E-state index is 12.2. The number of hydrogen-bond acceptors (Lipinski definition) is 3. The molecule has 1 amide bonds. The van der Waals surface area contributed by atoms with Gasteiger partial charge < -0.3 is 15.1 Å². The zero-order chi connectivity index (χ0) is 15.9. The normalized spacial score (nSPS) is 10.1. The van der Waals surface area contributed by atoms with Gasteiger partial charge >= 0.3 is 0 Å². The first-order chi connectivity index (χ1) is 10.6. The number of nitrogens with one attached hydrogen (secondary N) is 1. The first-order valence-corrected chi connectivity index (χ1v) is 7.39. The van der Waals surface area contributed by atoms with Crippen LogP contribution in [0.4, 0.5) is 11.4 Å². The molecule has 0 saturated carbocycles. The van der Waals surface area contributed by atoms with Crippen LogP contribution in [0.5, 0.6) is 0 Å². The van der Waals surface area contributed by atoms with Gasteiger partial charge in [0, 0.05) is 51.2 Å². The van der Waals surface area contributed by atoms with Gasteiger partial charge in [-0.1, -0.05) is 24.3 Å². The SMILES string of the molecule is CN(C)c1cccc(C(=O)NCCN(C)c2ccccc2)c1. The highest BCUT2D eigenvalue weighted by atomic mass is 16.1. The van der Waals surface area contributed by atoms with Crippen LogP contribution in [0.1, 0.15) is 10.4 Å². The van der Waals surface area contributed by atoms with Gasteiger partial charge in [-0.3, -0.25) is 4.79 Å². The minimum atomic E-state index is -0.0369. The molecule has 0 unspecified atom stereocenters. The molecule has 0 aliphatic carbocycles. The molecule has 0 fully saturated rings. The van der Waals surface area contributed by atoms with Crippen LogP contribution in [0.15, 0.2) is 54.6 Å². The zero-order valence-electron chi connectivity index (χ0n) is 13.4. The Hall–Kier alpha value is -2.49. The molecule has 2 rings (SSSR count). The molecular weight excluding hydrogens is 274 g/mol. The highest BCUT2D eigenvalue weighted by Gasteiger charge is 2.07. The minimum absolute atomic E-state index is 0.0369. The molecule has 0 atom stereocenters. The van der Waals surface area contributed by atoms with Gasteiger partial charge in [0.2, 0.25) is 0 Å². The summed E-state index contributed by atoms with van der Waals surface area (Å²) in [5, 5.41) is 2.97. The monoisotopic (exact) mass is 297 g/mol. The molecule has 4 nitrogen and oxygen atoms in total. The lowest BCUT2D eigenvalue weighted by atomic mass is 10.2. The Kier molecular flexibility index (Phi) is 5.42. The van der Waals surface area contributed by atoms with Crippen molar-refractivity contribution in [3.8, 4) is 0 Å². The fourth-order valence-corrected chi connectivity index (χ4v) is 2.18. The summed E-state index contributed by atoms with van der Waals surface area (Å²) < 4.78 is 0. The maximum Gasteiger partial charge on any atom is 0.251 e. The Bertz CT molecular complexity index is 611. The Morgan fingerprint density at radius 1 is 0.955 bits per heavy atom. The summed E-state index contributed by atoms with van der Waals surface area (Å²) in [6.07, 6.45) is 0. The van der Waals surface area contributed by atoms with Gasteiger partial charge in [0.05, 0.1) is 0 Å². The average Bonchev–Trinajstić information content (AvgIpc) is 2.55. The van der Waals surface area contributed by atoms with Crippen LogP contribution in [0.3, 0.4) is 0 Å². The van der Waals surface area contributed by atoms with Crippen molar-refractivity contribution >= 4 is 17.3 Å². The van der Waals surface area contributed by atoms with Crippen molar-refractivity contribution in [3.05, 3.63) is 60.2 Å². The van der Waals surface area contributed by atoms with Crippen molar-refractivity contribution in [3.63, 3.8) is 0 Å². The van der Waals surface area contributed by atoms with E-state index in [1.165, 1.54) is 0 Å². The number of amides is 1. The second-order valence-electron chi connectivity index (χ2n) is 5.46. The Morgan fingerprint density at radius 3 is 2.32 bits per heavy atom. The summed E-state index contributed by atoms with van der Waals surface area (Å²) in [6.45, 7) is 1.37. The van der Waals surface area contributed by atoms with Crippen LogP contribution in [-0.4, -0.2) is 40.1 Å². The van der Waals surface area contributed by atoms with Crippen LogP contribution in [0.2, 0.25) is 0 Å². The van der Waals surface area contributed by atoms with Crippen molar-refractivity contribution in [2.45, 2.75) is 0 Å². The number of likely N-dealkylation sites (N-methyl/N-ethyl adjacent to an activating group) is 1. The van der Waals surface area contributed by atoms with Gasteiger partial charge in [-0.2, -0.15) is 0 Å². The molecule has 116 valence electrons. The van der Waals surface area contributed by atoms with Gasteiger partial charge in [-0.25, -0.2) is 0 Å². The Morgan fingerprint density at radius 2 is 1.64 bits per heavy atom. The number of carbonyl (C=O) groups is 1. The predicted octanol–water partition coefficient (Wildman–Crippen LogP) is 2.62. The van der Waals surface area contributed by atoms with Crippen molar-refractivity contribution in [1.82, 2.24) is 5.32 Å². The molecule has 22 heavy (non-hydrogen) atoms. The Labute approximate surface area is 132 Å². The quantitative estimate of drug-likeness (QED) is 0.890. The van der Waals surface area contributed by atoms with Gasteiger partial charge in [-0.15, -0.1) is 0 Å². The first-order valence-electron chi connectivity index (χ1n) is 7.39. The van der Waals surface area contributed by atoms with Gasteiger partial charge in [0.25, 0.3) is 5.91 Å². The van der Waals surface area contributed by atoms with Crippen LogP contribution in [0.25, 0.3) is 0 Å². The van der Waals surface area contributed by atoms with Crippen LogP contribution < -0.4 is 15.1 Å². The van der Waals surface area contributed by atoms with E-state index in [0.717, 1.165) is 17.9 Å². The van der Waals surface area contributed by atoms with Crippen molar-refractivity contribution in [2.75, 3.05) is 44.0 Å². The lowest BCUT2D eigenvalue weighted by molar-refractivity contribution is 0.0955. The summed E-state index contributed by atoms with van der Waals surface area (Å²) in [4.78, 5) is 16.3. The van der Waals surface area contributed by atoms with Crippen molar-refractivity contribution < 1.29 is 4.79 Å². The average molecular weight is 297 g/mol. The lowest BCUT2D eigenvalue weighted by Crippen LogP contribution is -2.33. The van der Waals surface area contributed by atoms with Crippen LogP contribution >= 0.6 is 0 Å². The van der Waals surface area contributed by atoms with Crippen LogP contribution in [-0.2, 0) is 0 Å². The van der Waals surface area contributed by atoms with E-state index < -0.39 is 0 Å². The molecule has 0 aromatic heterocycles. The van der Waals surface area contributed by atoms with E-state index in [0.29, 0.717) is 12.1 Å². The molecule has 0 heterocycles. The van der Waals surface area contributed by atoms with E-state index in [4.69, 9.17) is 0 Å². The Balaban J connectivity index is 1.87. The fraction of sp³-hybridized carbons (Fsp3) is 0.278. The third-order valence-electron chi connectivity index (χ3n) is 3.55. The third-order valence-corrected chi connectivity index (χ3v) is 3.55. The standard InChI is InChI=1S/C18H23N3O/c1-20(2)17-11-7-8-15(14-17)18(22)19-12-13-21(3)16-9-5-4-6-10-16/h4-11,14H,12-13H2,1-3H3,(H,19,22). The molecule has 2 aromatic carbocycles. The topological polar surface area (TPSA) is 35.6 Å². The molecule has 0 saturated heterocycles. The second-order valence-corrected chi connectivity index (χ2v) is 5.46. The third kappa shape index (κ3) is 4.25. The van der Waals surface area contributed by atoms with E-state index in [1.54, 1.807) is 0 Å². The first kappa shape index (κ1) is 15.9. The van der Waals surface area contributed by atoms with E-state index in [9.17, 15) is 4.79 Å². The molecule has 1 N–H and O–H groups in total. The molecule has 2 aromatic rings. The fourth-order valence-electron chi connectivity index (χ4n) is 2.18. The predicted molar refractivity (Wildman–Crippen MR) is 92.8 cm³/mol. The number of anilines is 2. The van der Waals surface area contributed by atoms with Crippen LogP contribution in [0, 0.1) is 0 Å². The number of rotatable bonds is 6. The molecule has 0 aliphatic heterocycles.